The topological polar surface area (TPSA) is 69.7 Å². The number of rotatable bonds is 5. The summed E-state index contributed by atoms with van der Waals surface area (Å²) >= 11 is 6.39. The summed E-state index contributed by atoms with van der Waals surface area (Å²) in [6.45, 7) is 0. The summed E-state index contributed by atoms with van der Waals surface area (Å²) < 4.78 is 34.6. The third-order valence-electron chi connectivity index (χ3n) is 5.03. The van der Waals surface area contributed by atoms with E-state index >= 15 is 0 Å². The van der Waals surface area contributed by atoms with Gasteiger partial charge < -0.3 is 9.47 Å². The molecule has 1 aliphatic rings. The largest absolute Gasteiger partial charge is 0.497 e. The summed E-state index contributed by atoms with van der Waals surface area (Å²) in [6.07, 6.45) is 2.90. The highest BCUT2D eigenvalue weighted by Gasteiger charge is 2.33. The van der Waals surface area contributed by atoms with Crippen LogP contribution in [0.3, 0.4) is 0 Å². The molecule has 1 heterocycles. The summed E-state index contributed by atoms with van der Waals surface area (Å²) in [5, 5.41) is 0.412. The van der Waals surface area contributed by atoms with Crippen LogP contribution in [0.2, 0.25) is 5.02 Å². The van der Waals surface area contributed by atoms with Crippen molar-refractivity contribution in [1.29, 1.82) is 0 Å². The van der Waals surface area contributed by atoms with Gasteiger partial charge in [0.2, 0.25) is 0 Å². The Labute approximate surface area is 191 Å². The van der Waals surface area contributed by atoms with E-state index in [0.29, 0.717) is 38.8 Å². The molecule has 1 aliphatic heterocycles. The number of carbonyl (C=O) groups is 1. The van der Waals surface area contributed by atoms with E-state index in [2.05, 4.69) is 0 Å². The lowest BCUT2D eigenvalue weighted by molar-refractivity contribution is -0.131. The second-order valence-corrected chi connectivity index (χ2v) is 9.62. The molecule has 0 saturated carbocycles. The van der Waals surface area contributed by atoms with Crippen molar-refractivity contribution < 1.29 is 22.7 Å². The van der Waals surface area contributed by atoms with E-state index in [1.54, 1.807) is 49.6 Å². The van der Waals surface area contributed by atoms with Crippen molar-refractivity contribution in [3.05, 3.63) is 100 Å². The quantitative estimate of drug-likeness (QED) is 0.479. The Morgan fingerprint density at radius 2 is 1.56 bits per heavy atom. The molecule has 0 fully saturated rings. The number of hydrogen-bond donors (Lipinski definition) is 0. The van der Waals surface area contributed by atoms with E-state index in [9.17, 15) is 13.2 Å². The summed E-state index contributed by atoms with van der Waals surface area (Å²) in [7, 11) is -1.77. The molecule has 32 heavy (non-hydrogen) atoms. The maximum atomic E-state index is 12.9. The minimum Gasteiger partial charge on any atom is -0.497 e. The highest BCUT2D eigenvalue weighted by atomic mass is 35.5. The molecule has 0 N–H and O–H groups in total. The molecular weight excluding hydrogens is 448 g/mol. The fourth-order valence-electron chi connectivity index (χ4n) is 3.44. The third-order valence-corrected chi connectivity index (χ3v) is 6.49. The van der Waals surface area contributed by atoms with Crippen LogP contribution >= 0.6 is 11.6 Å². The van der Waals surface area contributed by atoms with Gasteiger partial charge in [0.15, 0.2) is 9.84 Å². The van der Waals surface area contributed by atoms with E-state index in [4.69, 9.17) is 21.1 Å². The number of ether oxygens (including phenoxy) is 2. The lowest BCUT2D eigenvalue weighted by atomic mass is 9.94. The Hall–Kier alpha value is -3.35. The van der Waals surface area contributed by atoms with Gasteiger partial charge in [0, 0.05) is 22.4 Å². The van der Waals surface area contributed by atoms with Gasteiger partial charge in [0.05, 0.1) is 17.6 Å². The highest BCUT2D eigenvalue weighted by molar-refractivity contribution is 7.90. The lowest BCUT2D eigenvalue weighted by Gasteiger charge is -2.09. The van der Waals surface area contributed by atoms with Crippen molar-refractivity contribution in [2.24, 2.45) is 0 Å². The number of hydrogen-bond acceptors (Lipinski definition) is 5. The molecule has 0 unspecified atom stereocenters. The van der Waals surface area contributed by atoms with Gasteiger partial charge >= 0.3 is 5.97 Å². The Morgan fingerprint density at radius 3 is 2.16 bits per heavy atom. The van der Waals surface area contributed by atoms with Crippen molar-refractivity contribution >= 4 is 44.6 Å². The first kappa shape index (κ1) is 21.9. The molecule has 7 heteroatoms. The Bertz CT molecular complexity index is 1350. The monoisotopic (exact) mass is 466 g/mol. The van der Waals surface area contributed by atoms with Gasteiger partial charge in [-0.25, -0.2) is 13.2 Å². The number of methoxy groups -OCH3 is 1. The minimum absolute atomic E-state index is 0.187. The lowest BCUT2D eigenvalue weighted by Crippen LogP contribution is -1.99. The van der Waals surface area contributed by atoms with E-state index in [1.807, 2.05) is 24.3 Å². The molecule has 5 nitrogen and oxygen atoms in total. The van der Waals surface area contributed by atoms with E-state index in [1.165, 1.54) is 12.1 Å². The van der Waals surface area contributed by atoms with Gasteiger partial charge in [0.1, 0.15) is 11.5 Å². The predicted molar refractivity (Wildman–Crippen MR) is 125 cm³/mol. The van der Waals surface area contributed by atoms with Gasteiger partial charge in [-0.3, -0.25) is 0 Å². The number of carbonyl (C=O) groups excluding carboxylic acids is 1. The van der Waals surface area contributed by atoms with Crippen LogP contribution in [-0.2, 0) is 19.4 Å². The van der Waals surface area contributed by atoms with Crippen molar-refractivity contribution in [3.63, 3.8) is 0 Å². The zero-order valence-corrected chi connectivity index (χ0v) is 18.9. The molecule has 0 spiro atoms. The van der Waals surface area contributed by atoms with Crippen LogP contribution in [0.5, 0.6) is 5.75 Å². The average Bonchev–Trinajstić information content (AvgIpc) is 3.09. The standard InChI is InChI=1S/C25H19ClO5S/c1-30-18-11-7-16(8-12-18)15-22-23(17-9-13-19(14-10-17)32(2,28)29)24(25(27)31-22)20-5-3-4-6-21(20)26/h3-15H,1-2H3/b22-15-. The zero-order valence-electron chi connectivity index (χ0n) is 17.3. The molecule has 0 radical (unpaired) electrons. The number of esters is 1. The number of halogens is 1. The summed E-state index contributed by atoms with van der Waals surface area (Å²) in [5.41, 5.74) is 2.85. The van der Waals surface area contributed by atoms with Crippen LogP contribution in [0.4, 0.5) is 0 Å². The van der Waals surface area contributed by atoms with Crippen LogP contribution in [-0.4, -0.2) is 27.8 Å². The van der Waals surface area contributed by atoms with E-state index < -0.39 is 15.8 Å². The summed E-state index contributed by atoms with van der Waals surface area (Å²) in [6, 6.07) is 20.7. The molecule has 4 rings (SSSR count). The van der Waals surface area contributed by atoms with Gasteiger partial charge in [-0.15, -0.1) is 0 Å². The van der Waals surface area contributed by atoms with Crippen molar-refractivity contribution in [2.75, 3.05) is 13.4 Å². The first-order valence-electron chi connectivity index (χ1n) is 9.66. The SMILES string of the molecule is COc1ccc(/C=C2\OC(=O)C(c3ccccc3Cl)=C2c2ccc(S(C)(=O)=O)cc2)cc1. The van der Waals surface area contributed by atoms with Crippen molar-refractivity contribution in [1.82, 2.24) is 0 Å². The minimum atomic E-state index is -3.36. The second-order valence-electron chi connectivity index (χ2n) is 7.20. The van der Waals surface area contributed by atoms with Crippen LogP contribution in [0.25, 0.3) is 17.2 Å². The molecular formula is C25H19ClO5S. The van der Waals surface area contributed by atoms with Crippen molar-refractivity contribution in [2.45, 2.75) is 4.90 Å². The predicted octanol–water partition coefficient (Wildman–Crippen LogP) is 5.26. The fourth-order valence-corrected chi connectivity index (χ4v) is 4.31. The molecule has 0 aromatic heterocycles. The molecule has 3 aromatic rings. The van der Waals surface area contributed by atoms with Crippen LogP contribution < -0.4 is 4.74 Å². The number of benzene rings is 3. The first-order chi connectivity index (χ1) is 15.3. The van der Waals surface area contributed by atoms with Crippen molar-refractivity contribution in [3.8, 4) is 5.75 Å². The summed E-state index contributed by atoms with van der Waals surface area (Å²) in [4.78, 5) is 13.1. The smallest absolute Gasteiger partial charge is 0.344 e. The molecule has 0 amide bonds. The molecule has 0 aliphatic carbocycles. The molecule has 0 saturated heterocycles. The average molecular weight is 467 g/mol. The number of sulfone groups is 1. The molecule has 0 bridgehead atoms. The fraction of sp³-hybridized carbons (Fsp3) is 0.0800. The third kappa shape index (κ3) is 4.33. The Kier molecular flexibility index (Phi) is 5.91. The molecule has 162 valence electrons. The Morgan fingerprint density at radius 1 is 0.906 bits per heavy atom. The van der Waals surface area contributed by atoms with Gasteiger partial charge in [-0.2, -0.15) is 0 Å². The van der Waals surface area contributed by atoms with Crippen LogP contribution in [0.15, 0.2) is 83.5 Å². The van der Waals surface area contributed by atoms with Crippen LogP contribution in [0, 0.1) is 0 Å². The second kappa shape index (κ2) is 8.65. The molecule has 3 aromatic carbocycles. The number of cyclic esters (lactones) is 1. The zero-order chi connectivity index (χ0) is 22.9. The number of allylic oxidation sites excluding steroid dienone is 1. The molecule has 0 atom stereocenters. The van der Waals surface area contributed by atoms with Crippen LogP contribution in [0.1, 0.15) is 16.7 Å². The first-order valence-corrected chi connectivity index (χ1v) is 11.9. The Balaban J connectivity index is 1.91. The maximum Gasteiger partial charge on any atom is 0.344 e. The van der Waals surface area contributed by atoms with E-state index in [-0.39, 0.29) is 4.90 Å². The van der Waals surface area contributed by atoms with E-state index in [0.717, 1.165) is 11.8 Å². The van der Waals surface area contributed by atoms with Gasteiger partial charge in [0.25, 0.3) is 0 Å². The highest BCUT2D eigenvalue weighted by Crippen LogP contribution is 2.42. The summed E-state index contributed by atoms with van der Waals surface area (Å²) in [5.74, 6) is 0.529. The van der Waals surface area contributed by atoms with Gasteiger partial charge in [-0.05, 0) is 47.5 Å². The van der Waals surface area contributed by atoms with Gasteiger partial charge in [-0.1, -0.05) is 54.1 Å². The normalized spacial score (nSPS) is 15.2. The maximum absolute atomic E-state index is 12.9.